The van der Waals surface area contributed by atoms with Gasteiger partial charge in [-0.2, -0.15) is 0 Å². The molecule has 0 saturated heterocycles. The summed E-state index contributed by atoms with van der Waals surface area (Å²) in [5.41, 5.74) is 25.8. The molecule has 0 bridgehead atoms. The maximum absolute atomic E-state index is 11.4. The Balaban J connectivity index is 0.000000280. The van der Waals surface area contributed by atoms with E-state index in [2.05, 4.69) is 0 Å². The van der Waals surface area contributed by atoms with Gasteiger partial charge in [0.15, 0.2) is 0 Å². The van der Waals surface area contributed by atoms with Crippen LogP contribution >= 0.6 is 0 Å². The van der Waals surface area contributed by atoms with Gasteiger partial charge >= 0.3 is 11.9 Å². The van der Waals surface area contributed by atoms with E-state index in [0.717, 1.165) is 12.0 Å². The molecule has 2 rings (SSSR count). The van der Waals surface area contributed by atoms with E-state index in [1.54, 1.807) is 24.3 Å². The number of carboxylic acids is 1. The van der Waals surface area contributed by atoms with Crippen LogP contribution in [0, 0.1) is 0 Å². The molecule has 9 N–H and O–H groups in total. The largest absolute Gasteiger partial charge is 0.481 e. The van der Waals surface area contributed by atoms with Crippen molar-refractivity contribution >= 4 is 34.7 Å². The molecule has 28 heavy (non-hydrogen) atoms. The molecule has 0 amide bonds. The number of rotatable bonds is 7. The number of nitrogens with two attached hydrogens (primary N) is 4. The first-order valence-electron chi connectivity index (χ1n) is 8.91. The molecule has 0 spiro atoms. The van der Waals surface area contributed by atoms with Gasteiger partial charge in [-0.3, -0.25) is 4.79 Å². The minimum absolute atomic E-state index is 0.175. The van der Waals surface area contributed by atoms with Gasteiger partial charge in [0.1, 0.15) is 0 Å². The van der Waals surface area contributed by atoms with Crippen LogP contribution in [0.1, 0.15) is 42.1 Å². The highest BCUT2D eigenvalue weighted by atomic mass is 16.5. The Morgan fingerprint density at radius 2 is 1.39 bits per heavy atom. The molecule has 0 aliphatic rings. The quantitative estimate of drug-likeness (QED) is 0.356. The first-order valence-corrected chi connectivity index (χ1v) is 8.91. The minimum Gasteiger partial charge on any atom is -0.481 e. The van der Waals surface area contributed by atoms with Gasteiger partial charge in [-0.1, -0.05) is 6.92 Å². The Hall–Kier alpha value is -3.42. The molecule has 0 atom stereocenters. The number of anilines is 4. The lowest BCUT2D eigenvalue weighted by Crippen LogP contribution is -2.07. The zero-order chi connectivity index (χ0) is 21.1. The normalized spacial score (nSPS) is 9.89. The van der Waals surface area contributed by atoms with Crippen molar-refractivity contribution in [2.24, 2.45) is 0 Å². The molecular weight excluding hydrogens is 360 g/mol. The summed E-state index contributed by atoms with van der Waals surface area (Å²) in [5.74, 6) is -1.16. The third kappa shape index (κ3) is 8.79. The van der Waals surface area contributed by atoms with Gasteiger partial charge in [-0.15, -0.1) is 0 Å². The fourth-order valence-corrected chi connectivity index (χ4v) is 2.41. The Kier molecular flexibility index (Phi) is 9.15. The van der Waals surface area contributed by atoms with E-state index in [-0.39, 0.29) is 12.4 Å². The second-order valence-electron chi connectivity index (χ2n) is 6.28. The summed E-state index contributed by atoms with van der Waals surface area (Å²) in [5, 5.41) is 8.45. The maximum atomic E-state index is 11.4. The van der Waals surface area contributed by atoms with Crippen molar-refractivity contribution < 1.29 is 19.4 Å². The molecule has 0 unspecified atom stereocenters. The van der Waals surface area contributed by atoms with E-state index < -0.39 is 5.97 Å². The number of ether oxygens (including phenoxy) is 1. The minimum atomic E-state index is -0.776. The zero-order valence-electron chi connectivity index (χ0n) is 16.0. The fourth-order valence-electron chi connectivity index (χ4n) is 2.41. The number of hydrogen-bond donors (Lipinski definition) is 5. The van der Waals surface area contributed by atoms with Gasteiger partial charge in [0.2, 0.25) is 0 Å². The topological polar surface area (TPSA) is 168 Å². The highest BCUT2D eigenvalue weighted by Gasteiger charge is 2.07. The predicted octanol–water partition coefficient (Wildman–Crippen LogP) is 2.68. The van der Waals surface area contributed by atoms with E-state index in [1.165, 1.54) is 0 Å². The lowest BCUT2D eigenvalue weighted by molar-refractivity contribution is -0.137. The summed E-state index contributed by atoms with van der Waals surface area (Å²) in [7, 11) is 0. The third-order valence-corrected chi connectivity index (χ3v) is 3.54. The molecular formula is C20H28N4O4. The number of carbonyl (C=O) groups excluding carboxylic acids is 1. The Bertz CT molecular complexity index is 768. The van der Waals surface area contributed by atoms with Crippen molar-refractivity contribution in [2.45, 2.75) is 32.6 Å². The second kappa shape index (κ2) is 11.3. The highest BCUT2D eigenvalue weighted by molar-refractivity contribution is 5.91. The molecule has 8 heteroatoms. The van der Waals surface area contributed by atoms with Crippen LogP contribution in [-0.2, 0) is 16.0 Å². The van der Waals surface area contributed by atoms with Gasteiger partial charge in [-0.05, 0) is 61.2 Å². The van der Waals surface area contributed by atoms with E-state index in [0.29, 0.717) is 47.8 Å². The van der Waals surface area contributed by atoms with Crippen LogP contribution in [0.25, 0.3) is 0 Å². The van der Waals surface area contributed by atoms with E-state index >= 15 is 0 Å². The smallest absolute Gasteiger partial charge is 0.338 e. The summed E-state index contributed by atoms with van der Waals surface area (Å²) < 4.78 is 4.94. The number of esters is 1. The molecule has 8 nitrogen and oxygen atoms in total. The van der Waals surface area contributed by atoms with E-state index in [1.807, 2.05) is 19.1 Å². The number of nitrogen functional groups attached to an aromatic ring is 4. The molecule has 0 radical (unpaired) electrons. The number of carbonyl (C=O) groups is 2. The number of aryl methyl sites for hydroxylation is 1. The first-order chi connectivity index (χ1) is 13.2. The lowest BCUT2D eigenvalue weighted by atomic mass is 10.1. The second-order valence-corrected chi connectivity index (χ2v) is 6.28. The average molecular weight is 388 g/mol. The number of aliphatic carboxylic acids is 1. The van der Waals surface area contributed by atoms with Crippen molar-refractivity contribution in [3.63, 3.8) is 0 Å². The summed E-state index contributed by atoms with van der Waals surface area (Å²) in [6.45, 7) is 2.34. The average Bonchev–Trinajstić information content (AvgIpc) is 2.58. The molecule has 0 aliphatic heterocycles. The molecule has 0 saturated carbocycles. The predicted molar refractivity (Wildman–Crippen MR) is 112 cm³/mol. The molecule has 0 aliphatic carbocycles. The standard InChI is InChI=1S/2C10H14N2O2/c1-2-3-14-10(13)7-4-8(11)6-9(12)5-7;11-8-4-7(5-9(12)6-8)2-1-3-10(13)14/h4-6H,2-3,11-12H2,1H3;4-6H,1-3,11-12H2,(H,13,14). The summed E-state index contributed by atoms with van der Waals surface area (Å²) >= 11 is 0. The van der Waals surface area contributed by atoms with Crippen LogP contribution < -0.4 is 22.9 Å². The van der Waals surface area contributed by atoms with Crippen molar-refractivity contribution in [3.8, 4) is 0 Å². The lowest BCUT2D eigenvalue weighted by Gasteiger charge is -2.04. The van der Waals surface area contributed by atoms with Crippen LogP contribution in [0.4, 0.5) is 22.7 Å². The number of hydrogen-bond acceptors (Lipinski definition) is 7. The van der Waals surface area contributed by atoms with E-state index in [4.69, 9.17) is 32.8 Å². The number of carboxylic acid groups (broad SMARTS) is 1. The molecule has 0 fully saturated rings. The summed E-state index contributed by atoms with van der Waals surface area (Å²) in [6.07, 6.45) is 2.28. The van der Waals surface area contributed by atoms with Crippen LogP contribution in [0.5, 0.6) is 0 Å². The Morgan fingerprint density at radius 3 is 1.86 bits per heavy atom. The Morgan fingerprint density at radius 1 is 0.893 bits per heavy atom. The molecule has 152 valence electrons. The van der Waals surface area contributed by atoms with Crippen molar-refractivity contribution in [1.82, 2.24) is 0 Å². The SMILES string of the molecule is CCCOC(=O)c1cc(N)cc(N)c1.Nc1cc(N)cc(CCCC(=O)O)c1. The van der Waals surface area contributed by atoms with Gasteiger partial charge in [0.25, 0.3) is 0 Å². The molecule has 0 aromatic heterocycles. The highest BCUT2D eigenvalue weighted by Crippen LogP contribution is 2.16. The van der Waals surface area contributed by atoms with Gasteiger partial charge in [-0.25, -0.2) is 4.79 Å². The molecule has 2 aromatic rings. The molecule has 0 heterocycles. The van der Waals surface area contributed by atoms with Crippen LogP contribution in [0.2, 0.25) is 0 Å². The van der Waals surface area contributed by atoms with Crippen LogP contribution in [0.15, 0.2) is 36.4 Å². The first kappa shape index (κ1) is 22.6. The van der Waals surface area contributed by atoms with Crippen LogP contribution in [0.3, 0.4) is 0 Å². The van der Waals surface area contributed by atoms with Gasteiger partial charge < -0.3 is 32.8 Å². The summed E-state index contributed by atoms with van der Waals surface area (Å²) in [4.78, 5) is 21.6. The van der Waals surface area contributed by atoms with Crippen molar-refractivity contribution in [3.05, 3.63) is 47.5 Å². The van der Waals surface area contributed by atoms with Crippen molar-refractivity contribution in [2.75, 3.05) is 29.5 Å². The maximum Gasteiger partial charge on any atom is 0.338 e. The third-order valence-electron chi connectivity index (χ3n) is 3.54. The fraction of sp³-hybridized carbons (Fsp3) is 0.300. The number of benzene rings is 2. The van der Waals surface area contributed by atoms with E-state index in [9.17, 15) is 9.59 Å². The molecule has 2 aromatic carbocycles. The Labute approximate surface area is 164 Å². The van der Waals surface area contributed by atoms with Gasteiger partial charge in [0.05, 0.1) is 12.2 Å². The van der Waals surface area contributed by atoms with Crippen molar-refractivity contribution in [1.29, 1.82) is 0 Å². The summed E-state index contributed by atoms with van der Waals surface area (Å²) in [6, 6.07) is 10.0. The zero-order valence-corrected chi connectivity index (χ0v) is 16.0. The van der Waals surface area contributed by atoms with Gasteiger partial charge in [0, 0.05) is 29.2 Å². The van der Waals surface area contributed by atoms with Crippen LogP contribution in [-0.4, -0.2) is 23.7 Å². The monoisotopic (exact) mass is 388 g/mol.